The maximum Gasteiger partial charge on any atom is 0.244 e. The third-order valence-corrected chi connectivity index (χ3v) is 3.73. The molecule has 1 aromatic heterocycles. The average Bonchev–Trinajstić information content (AvgIpc) is 2.85. The molecule has 4 nitrogen and oxygen atoms in total. The molecule has 1 heterocycles. The minimum atomic E-state index is -0.421. The molecule has 0 saturated heterocycles. The van der Waals surface area contributed by atoms with E-state index in [-0.39, 0.29) is 18.3 Å². The first-order valence-corrected chi connectivity index (χ1v) is 7.04. The molecule has 110 valence electrons. The molecule has 0 radical (unpaired) electrons. The van der Waals surface area contributed by atoms with Gasteiger partial charge in [-0.1, -0.05) is 0 Å². The molecule has 2 N–H and O–H groups in total. The van der Waals surface area contributed by atoms with Crippen molar-refractivity contribution < 1.29 is 14.3 Å². The van der Waals surface area contributed by atoms with E-state index in [1.165, 1.54) is 24.3 Å². The van der Waals surface area contributed by atoms with Crippen LogP contribution in [0.25, 0.3) is 0 Å². The lowest BCUT2D eigenvalue weighted by atomic mass is 9.93. The second-order valence-corrected chi connectivity index (χ2v) is 5.37. The summed E-state index contributed by atoms with van der Waals surface area (Å²) in [7, 11) is 0. The highest BCUT2D eigenvalue weighted by Gasteiger charge is 2.20. The summed E-state index contributed by atoms with van der Waals surface area (Å²) in [6, 6.07) is 5.66. The van der Waals surface area contributed by atoms with Crippen molar-refractivity contribution in [2.24, 2.45) is 0 Å². The number of hydrogen-bond donors (Lipinski definition) is 2. The number of halogens is 1. The van der Waals surface area contributed by atoms with Gasteiger partial charge in [0.15, 0.2) is 0 Å². The molecule has 0 spiro atoms. The highest BCUT2D eigenvalue weighted by Crippen LogP contribution is 2.30. The first kappa shape index (κ1) is 13.8. The van der Waals surface area contributed by atoms with Crippen molar-refractivity contribution >= 4 is 11.6 Å². The third-order valence-electron chi connectivity index (χ3n) is 3.73. The summed E-state index contributed by atoms with van der Waals surface area (Å²) in [6.07, 6.45) is 6.03. The molecule has 0 bridgehead atoms. The minimum Gasteiger partial charge on any atom is -0.388 e. The standard InChI is InChI=1S/C16H17FN2O2/c17-12-4-6-13(7-5-12)18-16(21)10-19-8-11-2-1-3-15(20)14(11)9-19/h4-9,15,20H,1-3,10H2,(H,18,21). The normalized spacial score (nSPS) is 17.3. The monoisotopic (exact) mass is 288 g/mol. The predicted octanol–water partition coefficient (Wildman–Crippen LogP) is 2.64. The molecule has 1 amide bonds. The van der Waals surface area contributed by atoms with Crippen LogP contribution in [0, 0.1) is 5.82 Å². The van der Waals surface area contributed by atoms with Crippen LogP contribution in [-0.4, -0.2) is 15.6 Å². The molecule has 1 aliphatic rings. The molecule has 0 fully saturated rings. The van der Waals surface area contributed by atoms with Crippen LogP contribution >= 0.6 is 0 Å². The summed E-state index contributed by atoms with van der Waals surface area (Å²) in [5.41, 5.74) is 2.61. The first-order valence-electron chi connectivity index (χ1n) is 7.04. The molecule has 0 aliphatic heterocycles. The van der Waals surface area contributed by atoms with E-state index in [1.54, 1.807) is 4.57 Å². The summed E-state index contributed by atoms with van der Waals surface area (Å²) in [6.45, 7) is 0.178. The predicted molar refractivity (Wildman–Crippen MR) is 77.4 cm³/mol. The van der Waals surface area contributed by atoms with E-state index in [1.807, 2.05) is 12.4 Å². The van der Waals surface area contributed by atoms with Crippen LogP contribution in [0.1, 0.15) is 30.1 Å². The van der Waals surface area contributed by atoms with Gasteiger partial charge in [-0.3, -0.25) is 4.79 Å². The minimum absolute atomic E-state index is 0.177. The second kappa shape index (κ2) is 5.69. The largest absolute Gasteiger partial charge is 0.388 e. The van der Waals surface area contributed by atoms with Crippen molar-refractivity contribution in [3.8, 4) is 0 Å². The number of nitrogens with one attached hydrogen (secondary N) is 1. The Bertz CT molecular complexity index is 649. The van der Waals surface area contributed by atoms with Gasteiger partial charge in [-0.25, -0.2) is 4.39 Å². The molecule has 2 aromatic rings. The summed E-state index contributed by atoms with van der Waals surface area (Å²) < 4.78 is 14.6. The summed E-state index contributed by atoms with van der Waals surface area (Å²) in [5.74, 6) is -0.511. The number of hydrogen-bond acceptors (Lipinski definition) is 2. The van der Waals surface area contributed by atoms with Crippen LogP contribution < -0.4 is 5.32 Å². The molecule has 1 unspecified atom stereocenters. The number of aryl methyl sites for hydroxylation is 1. The number of carbonyl (C=O) groups excluding carboxylic acids is 1. The van der Waals surface area contributed by atoms with Crippen LogP contribution in [0.5, 0.6) is 0 Å². The molecule has 5 heteroatoms. The smallest absolute Gasteiger partial charge is 0.244 e. The molecule has 0 saturated carbocycles. The highest BCUT2D eigenvalue weighted by atomic mass is 19.1. The SMILES string of the molecule is O=C(Cn1cc2c(c1)C(O)CCC2)Nc1ccc(F)cc1. The zero-order chi connectivity index (χ0) is 14.8. The van der Waals surface area contributed by atoms with E-state index in [4.69, 9.17) is 0 Å². The van der Waals surface area contributed by atoms with Gasteiger partial charge in [0.05, 0.1) is 6.10 Å². The Labute approximate surface area is 122 Å². The Kier molecular flexibility index (Phi) is 3.75. The van der Waals surface area contributed by atoms with E-state index in [0.29, 0.717) is 5.69 Å². The molecular weight excluding hydrogens is 271 g/mol. The summed E-state index contributed by atoms with van der Waals surface area (Å²) >= 11 is 0. The van der Waals surface area contributed by atoms with Crippen LogP contribution in [0.15, 0.2) is 36.7 Å². The number of aromatic nitrogens is 1. The first-order chi connectivity index (χ1) is 10.1. The molecule has 1 atom stereocenters. The van der Waals surface area contributed by atoms with E-state index < -0.39 is 6.10 Å². The van der Waals surface area contributed by atoms with Crippen molar-refractivity contribution in [1.82, 2.24) is 4.57 Å². The topological polar surface area (TPSA) is 54.3 Å². The Morgan fingerprint density at radius 2 is 2.10 bits per heavy atom. The van der Waals surface area contributed by atoms with Crippen LogP contribution in [0.2, 0.25) is 0 Å². The fourth-order valence-corrected chi connectivity index (χ4v) is 2.71. The Hall–Kier alpha value is -2.14. The summed E-state index contributed by atoms with van der Waals surface area (Å²) in [4.78, 5) is 12.0. The van der Waals surface area contributed by atoms with E-state index in [0.717, 1.165) is 30.4 Å². The zero-order valence-corrected chi connectivity index (χ0v) is 11.6. The fourth-order valence-electron chi connectivity index (χ4n) is 2.71. The quantitative estimate of drug-likeness (QED) is 0.912. The molecule has 1 aromatic carbocycles. The van der Waals surface area contributed by atoms with Gasteiger partial charge in [0.2, 0.25) is 5.91 Å². The van der Waals surface area contributed by atoms with Gasteiger partial charge in [0.25, 0.3) is 0 Å². The third kappa shape index (κ3) is 3.13. The number of aliphatic hydroxyl groups is 1. The van der Waals surface area contributed by atoms with Gasteiger partial charge < -0.3 is 15.0 Å². The second-order valence-electron chi connectivity index (χ2n) is 5.37. The zero-order valence-electron chi connectivity index (χ0n) is 11.6. The number of amides is 1. The van der Waals surface area contributed by atoms with Crippen molar-refractivity contribution in [1.29, 1.82) is 0 Å². The lowest BCUT2D eigenvalue weighted by Crippen LogP contribution is -2.17. The summed E-state index contributed by atoms with van der Waals surface area (Å²) in [5, 5.41) is 12.6. The van der Waals surface area contributed by atoms with Gasteiger partial charge in [-0.2, -0.15) is 0 Å². The van der Waals surface area contributed by atoms with Crippen molar-refractivity contribution in [3.63, 3.8) is 0 Å². The van der Waals surface area contributed by atoms with Gasteiger partial charge in [0, 0.05) is 23.6 Å². The molecule has 1 aliphatic carbocycles. The van der Waals surface area contributed by atoms with Gasteiger partial charge in [-0.15, -0.1) is 0 Å². The average molecular weight is 288 g/mol. The van der Waals surface area contributed by atoms with E-state index in [9.17, 15) is 14.3 Å². The number of rotatable bonds is 3. The maximum absolute atomic E-state index is 12.8. The molecular formula is C16H17FN2O2. The van der Waals surface area contributed by atoms with E-state index in [2.05, 4.69) is 5.32 Å². The molecule has 21 heavy (non-hydrogen) atoms. The van der Waals surface area contributed by atoms with Crippen molar-refractivity contribution in [2.45, 2.75) is 31.9 Å². The fraction of sp³-hybridized carbons (Fsp3) is 0.312. The number of benzene rings is 1. The Balaban J connectivity index is 1.66. The molecule has 3 rings (SSSR count). The van der Waals surface area contributed by atoms with Crippen LogP contribution in [0.4, 0.5) is 10.1 Å². The van der Waals surface area contributed by atoms with Gasteiger partial charge in [0.1, 0.15) is 12.4 Å². The van der Waals surface area contributed by atoms with Crippen LogP contribution in [-0.2, 0) is 17.8 Å². The number of nitrogens with zero attached hydrogens (tertiary/aromatic N) is 1. The van der Waals surface area contributed by atoms with E-state index >= 15 is 0 Å². The Morgan fingerprint density at radius 3 is 2.81 bits per heavy atom. The number of anilines is 1. The van der Waals surface area contributed by atoms with Gasteiger partial charge in [-0.05, 0) is 49.1 Å². The van der Waals surface area contributed by atoms with Gasteiger partial charge >= 0.3 is 0 Å². The number of carbonyl (C=O) groups is 1. The van der Waals surface area contributed by atoms with Crippen molar-refractivity contribution in [3.05, 3.63) is 53.6 Å². The highest BCUT2D eigenvalue weighted by molar-refractivity contribution is 5.90. The van der Waals surface area contributed by atoms with Crippen LogP contribution in [0.3, 0.4) is 0 Å². The number of aliphatic hydroxyl groups excluding tert-OH is 1. The lowest BCUT2D eigenvalue weighted by molar-refractivity contribution is -0.116. The lowest BCUT2D eigenvalue weighted by Gasteiger charge is -2.16. The number of fused-ring (bicyclic) bond motifs is 1. The van der Waals surface area contributed by atoms with Crippen molar-refractivity contribution in [2.75, 3.05) is 5.32 Å². The Morgan fingerprint density at radius 1 is 1.33 bits per heavy atom. The maximum atomic E-state index is 12.8.